The summed E-state index contributed by atoms with van der Waals surface area (Å²) in [5.74, 6) is 0. The van der Waals surface area contributed by atoms with E-state index in [1.807, 2.05) is 7.05 Å². The number of anilines is 1. The van der Waals surface area contributed by atoms with Crippen LogP contribution < -0.4 is 16.5 Å². The monoisotopic (exact) mass is 285 g/mol. The fourth-order valence-corrected chi connectivity index (χ4v) is 2.09. The van der Waals surface area contributed by atoms with Crippen molar-refractivity contribution in [3.8, 4) is 0 Å². The molecule has 0 heterocycles. The number of hydrogen-bond donors (Lipinski definition) is 4. The molecule has 0 fully saturated rings. The predicted molar refractivity (Wildman–Crippen MR) is 79.1 cm³/mol. The SMILES string of the molecule is CNCCC/C(=N\SF)c1c(N)cccc1B(O)O. The molecule has 5 N–H and O–H groups in total. The number of nitrogens with zero attached hydrogens (tertiary/aromatic N) is 1. The van der Waals surface area contributed by atoms with Crippen LogP contribution in [-0.2, 0) is 0 Å². The molecule has 0 amide bonds. The predicted octanol–water partition coefficient (Wildman–Crippen LogP) is 0.270. The van der Waals surface area contributed by atoms with Crippen molar-refractivity contribution in [2.45, 2.75) is 12.8 Å². The normalized spacial score (nSPS) is 11.7. The lowest BCUT2D eigenvalue weighted by Crippen LogP contribution is -2.35. The van der Waals surface area contributed by atoms with E-state index in [-0.39, 0.29) is 17.8 Å². The zero-order chi connectivity index (χ0) is 14.3. The topological polar surface area (TPSA) is 90.9 Å². The van der Waals surface area contributed by atoms with Gasteiger partial charge in [-0.05, 0) is 38.0 Å². The summed E-state index contributed by atoms with van der Waals surface area (Å²) in [6, 6.07) is 4.77. The van der Waals surface area contributed by atoms with Crippen LogP contribution >= 0.6 is 12.3 Å². The van der Waals surface area contributed by atoms with Crippen LogP contribution in [0, 0.1) is 0 Å². The van der Waals surface area contributed by atoms with Crippen LogP contribution in [0.2, 0.25) is 0 Å². The van der Waals surface area contributed by atoms with Crippen molar-refractivity contribution < 1.29 is 13.9 Å². The molecular formula is C11H17BFN3O2S. The van der Waals surface area contributed by atoms with Gasteiger partial charge >= 0.3 is 7.12 Å². The van der Waals surface area contributed by atoms with E-state index in [1.54, 1.807) is 12.1 Å². The number of nitrogens with two attached hydrogens (primary N) is 1. The van der Waals surface area contributed by atoms with E-state index in [1.165, 1.54) is 6.07 Å². The number of hydrogen-bond acceptors (Lipinski definition) is 6. The van der Waals surface area contributed by atoms with E-state index in [0.717, 1.165) is 13.0 Å². The summed E-state index contributed by atoms with van der Waals surface area (Å²) in [5, 5.41) is 21.7. The minimum Gasteiger partial charge on any atom is -0.423 e. The van der Waals surface area contributed by atoms with E-state index < -0.39 is 7.12 Å². The number of nitrogen functional groups attached to an aromatic ring is 1. The molecule has 0 atom stereocenters. The molecule has 1 rings (SSSR count). The van der Waals surface area contributed by atoms with Gasteiger partial charge in [-0.15, -0.1) is 3.89 Å². The summed E-state index contributed by atoms with van der Waals surface area (Å²) in [6.07, 6.45) is 1.23. The fraction of sp³-hybridized carbons (Fsp3) is 0.364. The van der Waals surface area contributed by atoms with E-state index in [4.69, 9.17) is 5.73 Å². The van der Waals surface area contributed by atoms with Crippen LogP contribution in [0.4, 0.5) is 9.57 Å². The Labute approximate surface area is 116 Å². The molecule has 0 aliphatic heterocycles. The number of rotatable bonds is 7. The smallest absolute Gasteiger partial charge is 0.423 e. The Balaban J connectivity index is 3.11. The molecule has 0 unspecified atom stereocenters. The second-order valence-electron chi connectivity index (χ2n) is 4.00. The van der Waals surface area contributed by atoms with Crippen molar-refractivity contribution in [3.63, 3.8) is 0 Å². The molecular weight excluding hydrogens is 268 g/mol. The van der Waals surface area contributed by atoms with Crippen molar-refractivity contribution >= 4 is 36.3 Å². The van der Waals surface area contributed by atoms with Gasteiger partial charge in [0.25, 0.3) is 0 Å². The molecule has 0 radical (unpaired) electrons. The van der Waals surface area contributed by atoms with Crippen LogP contribution in [0.3, 0.4) is 0 Å². The highest BCUT2D eigenvalue weighted by molar-refractivity contribution is 7.93. The lowest BCUT2D eigenvalue weighted by molar-refractivity contribution is 0.425. The second kappa shape index (κ2) is 8.16. The minimum absolute atomic E-state index is 0.160. The zero-order valence-corrected chi connectivity index (χ0v) is 11.5. The fourth-order valence-electron chi connectivity index (χ4n) is 1.83. The van der Waals surface area contributed by atoms with Gasteiger partial charge in [-0.2, -0.15) is 4.40 Å². The van der Waals surface area contributed by atoms with Crippen LogP contribution in [0.15, 0.2) is 22.6 Å². The summed E-state index contributed by atoms with van der Waals surface area (Å²) in [4.78, 5) is 0. The standard InChI is InChI=1S/C11H17BFN3O2S/c1-15-7-3-6-10(16-19-13)11-8(12(17)18)4-2-5-9(11)14/h2,4-5,15,17-18H,3,6-7,14H2,1H3/b16-10+. The lowest BCUT2D eigenvalue weighted by Gasteiger charge is -2.13. The van der Waals surface area contributed by atoms with E-state index in [9.17, 15) is 13.9 Å². The average Bonchev–Trinajstić information content (AvgIpc) is 2.38. The van der Waals surface area contributed by atoms with Crippen molar-refractivity contribution in [3.05, 3.63) is 23.8 Å². The van der Waals surface area contributed by atoms with Crippen molar-refractivity contribution in [2.75, 3.05) is 19.3 Å². The molecule has 0 aromatic heterocycles. The Morgan fingerprint density at radius 2 is 2.26 bits per heavy atom. The van der Waals surface area contributed by atoms with Gasteiger partial charge in [0.1, 0.15) is 0 Å². The molecule has 0 saturated carbocycles. The molecule has 104 valence electrons. The van der Waals surface area contributed by atoms with Crippen LogP contribution in [0.25, 0.3) is 0 Å². The van der Waals surface area contributed by atoms with Gasteiger partial charge in [0.15, 0.2) is 12.3 Å². The van der Waals surface area contributed by atoms with Crippen molar-refractivity contribution in [2.24, 2.45) is 4.40 Å². The third-order valence-corrected chi connectivity index (χ3v) is 2.97. The number of benzene rings is 1. The average molecular weight is 285 g/mol. The van der Waals surface area contributed by atoms with E-state index >= 15 is 0 Å². The van der Waals surface area contributed by atoms with E-state index in [0.29, 0.717) is 23.4 Å². The van der Waals surface area contributed by atoms with Gasteiger partial charge in [-0.3, -0.25) is 0 Å². The van der Waals surface area contributed by atoms with Crippen molar-refractivity contribution in [1.82, 2.24) is 5.32 Å². The van der Waals surface area contributed by atoms with Gasteiger partial charge in [0, 0.05) is 11.3 Å². The highest BCUT2D eigenvalue weighted by Gasteiger charge is 2.21. The van der Waals surface area contributed by atoms with Gasteiger partial charge in [0.05, 0.1) is 5.71 Å². The summed E-state index contributed by atoms with van der Waals surface area (Å²) < 4.78 is 16.2. The number of nitrogens with one attached hydrogen (secondary N) is 1. The largest absolute Gasteiger partial charge is 0.489 e. The molecule has 0 bridgehead atoms. The molecule has 0 aliphatic rings. The molecule has 1 aromatic carbocycles. The third-order valence-electron chi connectivity index (χ3n) is 2.68. The van der Waals surface area contributed by atoms with Gasteiger partial charge in [-0.25, -0.2) is 0 Å². The first-order valence-corrected chi connectivity index (χ1v) is 6.53. The van der Waals surface area contributed by atoms with Crippen LogP contribution in [0.5, 0.6) is 0 Å². The lowest BCUT2D eigenvalue weighted by atomic mass is 9.75. The maximum atomic E-state index is 12.5. The first kappa shape index (κ1) is 16.0. The Morgan fingerprint density at radius 3 is 2.84 bits per heavy atom. The molecule has 1 aromatic rings. The first-order chi connectivity index (χ1) is 9.11. The Kier molecular flexibility index (Phi) is 6.86. The minimum atomic E-state index is -1.67. The van der Waals surface area contributed by atoms with Gasteiger partial charge in [-0.1, -0.05) is 12.1 Å². The highest BCUT2D eigenvalue weighted by atomic mass is 32.2. The van der Waals surface area contributed by atoms with Gasteiger partial charge < -0.3 is 21.1 Å². The Hall–Kier alpha value is -1.09. The molecule has 8 heteroatoms. The summed E-state index contributed by atoms with van der Waals surface area (Å²) in [6.45, 7) is 0.750. The van der Waals surface area contributed by atoms with Crippen LogP contribution in [-0.4, -0.2) is 36.5 Å². The van der Waals surface area contributed by atoms with Crippen LogP contribution in [0.1, 0.15) is 18.4 Å². The summed E-state index contributed by atoms with van der Waals surface area (Å²) >= 11 is -0.160. The maximum absolute atomic E-state index is 12.5. The Bertz CT molecular complexity index is 446. The van der Waals surface area contributed by atoms with Crippen molar-refractivity contribution in [1.29, 1.82) is 0 Å². The molecule has 5 nitrogen and oxygen atoms in total. The van der Waals surface area contributed by atoms with E-state index in [2.05, 4.69) is 9.71 Å². The number of halogens is 1. The van der Waals surface area contributed by atoms with Gasteiger partial charge in [0.2, 0.25) is 0 Å². The summed E-state index contributed by atoms with van der Waals surface area (Å²) in [5.41, 5.74) is 7.25. The molecule has 0 aliphatic carbocycles. The zero-order valence-electron chi connectivity index (χ0n) is 10.6. The Morgan fingerprint density at radius 1 is 1.53 bits per heavy atom. The highest BCUT2D eigenvalue weighted by Crippen LogP contribution is 2.17. The molecule has 0 saturated heterocycles. The third kappa shape index (κ3) is 4.50. The summed E-state index contributed by atoms with van der Waals surface area (Å²) in [7, 11) is 0.151. The quantitative estimate of drug-likeness (QED) is 0.190. The first-order valence-electron chi connectivity index (χ1n) is 5.86. The molecule has 19 heavy (non-hydrogen) atoms. The second-order valence-corrected chi connectivity index (χ2v) is 4.32. The maximum Gasteiger partial charge on any atom is 0.489 e. The molecule has 0 spiro atoms.